The van der Waals surface area contributed by atoms with E-state index in [0.717, 1.165) is 17.8 Å². The zero-order valence-electron chi connectivity index (χ0n) is 14.0. The van der Waals surface area contributed by atoms with Crippen molar-refractivity contribution in [2.75, 3.05) is 11.9 Å². The third-order valence-electron chi connectivity index (χ3n) is 4.65. The van der Waals surface area contributed by atoms with Crippen molar-refractivity contribution in [3.8, 4) is 10.6 Å². The highest BCUT2D eigenvalue weighted by atomic mass is 32.1. The molecule has 0 aliphatic heterocycles. The third kappa shape index (κ3) is 3.41. The van der Waals surface area contributed by atoms with E-state index in [0.29, 0.717) is 27.7 Å². The summed E-state index contributed by atoms with van der Waals surface area (Å²) in [4.78, 5) is 28.9. The summed E-state index contributed by atoms with van der Waals surface area (Å²) >= 11 is 1.24. The van der Waals surface area contributed by atoms with E-state index < -0.39 is 5.91 Å². The molecule has 3 N–H and O–H groups in total. The maximum atomic E-state index is 11.2. The molecular weight excluding hydrogens is 348 g/mol. The quantitative estimate of drug-likeness (QED) is 0.695. The van der Waals surface area contributed by atoms with Gasteiger partial charge in [0.1, 0.15) is 9.88 Å². The van der Waals surface area contributed by atoms with Gasteiger partial charge in [-0.1, -0.05) is 6.07 Å². The number of carbonyl (C=O) groups excluding carboxylic acids is 1. The minimum Gasteiger partial charge on any atom is -0.365 e. The first-order valence-corrected chi connectivity index (χ1v) is 9.25. The van der Waals surface area contributed by atoms with E-state index in [1.54, 1.807) is 12.4 Å². The summed E-state index contributed by atoms with van der Waals surface area (Å²) in [6.07, 6.45) is 9.09. The van der Waals surface area contributed by atoms with Gasteiger partial charge in [0, 0.05) is 42.3 Å². The van der Waals surface area contributed by atoms with E-state index in [2.05, 4.69) is 31.3 Å². The minimum absolute atomic E-state index is 0.424. The topological polar surface area (TPSA) is 107 Å². The van der Waals surface area contributed by atoms with Gasteiger partial charge >= 0.3 is 0 Å². The van der Waals surface area contributed by atoms with Crippen LogP contribution in [-0.4, -0.2) is 32.4 Å². The largest absolute Gasteiger partial charge is 0.365 e. The highest BCUT2D eigenvalue weighted by Crippen LogP contribution is 2.41. The van der Waals surface area contributed by atoms with E-state index in [9.17, 15) is 4.79 Å². The lowest BCUT2D eigenvalue weighted by Gasteiger charge is -2.36. The number of anilines is 1. The van der Waals surface area contributed by atoms with Crippen molar-refractivity contribution in [1.29, 1.82) is 0 Å². The highest BCUT2D eigenvalue weighted by Gasteiger charge is 2.32. The molecule has 1 aliphatic carbocycles. The Labute approximate surface area is 154 Å². The second kappa shape index (κ2) is 7.17. The Hall–Kier alpha value is -2.87. The number of nitrogens with zero attached hydrogens (tertiary/aromatic N) is 4. The Balaban J connectivity index is 1.36. The van der Waals surface area contributed by atoms with E-state index >= 15 is 0 Å². The molecule has 0 saturated heterocycles. The third-order valence-corrected chi connectivity index (χ3v) is 5.72. The summed E-state index contributed by atoms with van der Waals surface area (Å²) in [7, 11) is 0. The van der Waals surface area contributed by atoms with E-state index in [1.807, 2.05) is 18.3 Å². The maximum Gasteiger partial charge on any atom is 0.260 e. The molecule has 1 amide bonds. The highest BCUT2D eigenvalue weighted by molar-refractivity contribution is 7.16. The number of rotatable bonds is 6. The van der Waals surface area contributed by atoms with Gasteiger partial charge in [-0.25, -0.2) is 15.0 Å². The summed E-state index contributed by atoms with van der Waals surface area (Å²) in [6, 6.07) is 6.07. The molecule has 1 aliphatic rings. The summed E-state index contributed by atoms with van der Waals surface area (Å²) in [5, 5.41) is 3.99. The molecule has 2 unspecified atom stereocenters. The molecule has 26 heavy (non-hydrogen) atoms. The van der Waals surface area contributed by atoms with Crippen molar-refractivity contribution in [3.63, 3.8) is 0 Å². The first kappa shape index (κ1) is 16.6. The number of primary amides is 1. The van der Waals surface area contributed by atoms with Crippen LogP contribution in [0.4, 0.5) is 5.95 Å². The number of hydrogen-bond donors (Lipinski definition) is 2. The summed E-state index contributed by atoms with van der Waals surface area (Å²) < 4.78 is 0. The molecule has 3 aromatic rings. The molecule has 0 aromatic carbocycles. The van der Waals surface area contributed by atoms with Crippen LogP contribution < -0.4 is 11.1 Å². The Morgan fingerprint density at radius 1 is 1.15 bits per heavy atom. The van der Waals surface area contributed by atoms with Gasteiger partial charge in [0.05, 0.1) is 6.20 Å². The Kier molecular flexibility index (Phi) is 4.57. The van der Waals surface area contributed by atoms with Crippen molar-refractivity contribution >= 4 is 23.2 Å². The van der Waals surface area contributed by atoms with Crippen LogP contribution in [0.25, 0.3) is 10.6 Å². The Morgan fingerprint density at radius 2 is 2.00 bits per heavy atom. The normalized spacial score (nSPS) is 18.9. The van der Waals surface area contributed by atoms with Crippen LogP contribution in [0.1, 0.15) is 34.1 Å². The average molecular weight is 366 g/mol. The molecular formula is C18H18N6OS. The van der Waals surface area contributed by atoms with Crippen LogP contribution in [0, 0.1) is 5.92 Å². The zero-order chi connectivity index (χ0) is 17.9. The smallest absolute Gasteiger partial charge is 0.260 e. The molecule has 3 heterocycles. The molecule has 7 nitrogen and oxygen atoms in total. The Morgan fingerprint density at radius 3 is 2.62 bits per heavy atom. The Bertz CT molecular complexity index is 896. The van der Waals surface area contributed by atoms with Gasteiger partial charge in [-0.05, 0) is 30.9 Å². The standard InChI is InChI=1S/C18H18N6OS/c19-16(25)15-10-21-17(26-15)12-8-23-18(24-9-12)22-7-11-4-5-13(11)14-3-1-2-6-20-14/h1-3,6,8-11,13H,4-5,7H2,(H2,19,25)(H,22,23,24). The summed E-state index contributed by atoms with van der Waals surface area (Å²) in [5.41, 5.74) is 7.18. The van der Waals surface area contributed by atoms with Gasteiger partial charge in [-0.3, -0.25) is 9.78 Å². The lowest BCUT2D eigenvalue weighted by molar-refractivity contribution is 0.100. The van der Waals surface area contributed by atoms with Gasteiger partial charge in [-0.15, -0.1) is 11.3 Å². The molecule has 1 saturated carbocycles. The van der Waals surface area contributed by atoms with Gasteiger partial charge in [0.15, 0.2) is 0 Å². The van der Waals surface area contributed by atoms with Gasteiger partial charge in [-0.2, -0.15) is 0 Å². The van der Waals surface area contributed by atoms with Crippen LogP contribution in [-0.2, 0) is 0 Å². The fraction of sp³-hybridized carbons (Fsp3) is 0.278. The van der Waals surface area contributed by atoms with Crippen molar-refractivity contribution < 1.29 is 4.79 Å². The number of thiazole rings is 1. The number of amides is 1. The minimum atomic E-state index is -0.476. The zero-order valence-corrected chi connectivity index (χ0v) is 14.8. The van der Waals surface area contributed by atoms with Crippen molar-refractivity contribution in [3.05, 3.63) is 53.6 Å². The number of hydrogen-bond acceptors (Lipinski definition) is 7. The fourth-order valence-electron chi connectivity index (χ4n) is 3.07. The van der Waals surface area contributed by atoms with E-state index in [-0.39, 0.29) is 0 Å². The molecule has 2 atom stereocenters. The van der Waals surface area contributed by atoms with Crippen LogP contribution in [0.5, 0.6) is 0 Å². The predicted octanol–water partition coefficient (Wildman–Crippen LogP) is 2.70. The van der Waals surface area contributed by atoms with E-state index in [4.69, 9.17) is 5.73 Å². The lowest BCUT2D eigenvalue weighted by Crippen LogP contribution is -2.31. The summed E-state index contributed by atoms with van der Waals surface area (Å²) in [5.74, 6) is 1.17. The number of pyridine rings is 1. The monoisotopic (exact) mass is 366 g/mol. The van der Waals surface area contributed by atoms with Crippen LogP contribution in [0.3, 0.4) is 0 Å². The number of carbonyl (C=O) groups is 1. The van der Waals surface area contributed by atoms with Crippen molar-refractivity contribution in [2.24, 2.45) is 11.7 Å². The summed E-state index contributed by atoms with van der Waals surface area (Å²) in [6.45, 7) is 0.823. The van der Waals surface area contributed by atoms with Gasteiger partial charge in [0.2, 0.25) is 5.95 Å². The number of nitrogens with one attached hydrogen (secondary N) is 1. The molecule has 132 valence electrons. The average Bonchev–Trinajstić information content (AvgIpc) is 3.13. The fourth-order valence-corrected chi connectivity index (χ4v) is 3.81. The predicted molar refractivity (Wildman–Crippen MR) is 99.8 cm³/mol. The SMILES string of the molecule is NC(=O)c1cnc(-c2cnc(NCC3CCC3c3ccccn3)nc2)s1. The molecule has 3 aromatic heterocycles. The first-order chi connectivity index (χ1) is 12.7. The van der Waals surface area contributed by atoms with Crippen LogP contribution in [0.15, 0.2) is 43.0 Å². The molecule has 1 fully saturated rings. The van der Waals surface area contributed by atoms with Crippen molar-refractivity contribution in [1.82, 2.24) is 19.9 Å². The van der Waals surface area contributed by atoms with Gasteiger partial charge < -0.3 is 11.1 Å². The lowest BCUT2D eigenvalue weighted by atomic mass is 9.71. The molecule has 0 radical (unpaired) electrons. The second-order valence-corrected chi connectivity index (χ2v) is 7.30. The number of aromatic nitrogens is 4. The van der Waals surface area contributed by atoms with Gasteiger partial charge in [0.25, 0.3) is 5.91 Å². The maximum absolute atomic E-state index is 11.2. The number of nitrogens with two attached hydrogens (primary N) is 1. The van der Waals surface area contributed by atoms with Crippen molar-refractivity contribution in [2.45, 2.75) is 18.8 Å². The second-order valence-electron chi connectivity index (χ2n) is 6.27. The van der Waals surface area contributed by atoms with Crippen LogP contribution >= 0.6 is 11.3 Å². The van der Waals surface area contributed by atoms with E-state index in [1.165, 1.54) is 30.4 Å². The molecule has 0 bridgehead atoms. The molecule has 4 rings (SSSR count). The first-order valence-electron chi connectivity index (χ1n) is 8.43. The molecule has 8 heteroatoms. The van der Waals surface area contributed by atoms with Crippen LogP contribution in [0.2, 0.25) is 0 Å². The molecule has 0 spiro atoms.